The van der Waals surface area contributed by atoms with Crippen molar-refractivity contribution >= 4 is 11.5 Å². The summed E-state index contributed by atoms with van der Waals surface area (Å²) in [5.74, 6) is 1.60. The van der Waals surface area contributed by atoms with Crippen molar-refractivity contribution in [3.8, 4) is 17.2 Å². The summed E-state index contributed by atoms with van der Waals surface area (Å²) in [5, 5.41) is 19.8. The first-order valence-electron chi connectivity index (χ1n) is 11.2. The van der Waals surface area contributed by atoms with Crippen molar-refractivity contribution in [2.75, 3.05) is 19.8 Å². The summed E-state index contributed by atoms with van der Waals surface area (Å²) < 4.78 is 23.3. The lowest BCUT2D eigenvalue weighted by atomic mass is 9.92. The molecule has 7 nitrogen and oxygen atoms in total. The quantitative estimate of drug-likeness (QED) is 0.440. The Morgan fingerprint density at radius 1 is 1.34 bits per heavy atom. The van der Waals surface area contributed by atoms with Gasteiger partial charge in [-0.2, -0.15) is 0 Å². The average molecular weight is 447 g/mol. The lowest BCUT2D eigenvalue weighted by Crippen LogP contribution is -2.39. The molecular weight excluding hydrogens is 412 g/mol. The number of aliphatic hydroxyl groups is 2. The van der Waals surface area contributed by atoms with Crippen LogP contribution >= 0.6 is 0 Å². The first-order chi connectivity index (χ1) is 15.2. The van der Waals surface area contributed by atoms with E-state index >= 15 is 0 Å². The Bertz CT molecular complexity index is 906. The van der Waals surface area contributed by atoms with Crippen LogP contribution in [0.1, 0.15) is 58.6 Å². The number of fused-ring (bicyclic) bond motifs is 2. The van der Waals surface area contributed by atoms with E-state index in [2.05, 4.69) is 19.9 Å². The highest BCUT2D eigenvalue weighted by Gasteiger charge is 2.39. The third kappa shape index (κ3) is 5.27. The molecule has 2 heterocycles. The second-order valence-corrected chi connectivity index (χ2v) is 9.07. The summed E-state index contributed by atoms with van der Waals surface area (Å²) in [6, 6.07) is 1.75. The van der Waals surface area contributed by atoms with Crippen molar-refractivity contribution in [2.45, 2.75) is 65.6 Å². The van der Waals surface area contributed by atoms with Gasteiger partial charge in [-0.1, -0.05) is 19.9 Å². The van der Waals surface area contributed by atoms with E-state index in [4.69, 9.17) is 18.9 Å². The highest BCUT2D eigenvalue weighted by molar-refractivity contribution is 5.95. The first kappa shape index (κ1) is 24.1. The zero-order valence-electron chi connectivity index (χ0n) is 19.6. The number of ether oxygens (including phenoxy) is 4. The predicted octanol–water partition coefficient (Wildman–Crippen LogP) is 3.79. The number of allylic oxidation sites excluding steroid dienone is 3. The smallest absolute Gasteiger partial charge is 0.374 e. The molecule has 0 saturated carbocycles. The fraction of sp³-hybridized carbons (Fsp3) is 0.560. The Balaban J connectivity index is 2.12. The number of hydrogen-bond acceptors (Lipinski definition) is 7. The normalized spacial score (nSPS) is 18.6. The van der Waals surface area contributed by atoms with Crippen molar-refractivity contribution in [2.24, 2.45) is 5.92 Å². The molecule has 176 valence electrons. The van der Waals surface area contributed by atoms with Crippen LogP contribution in [-0.2, 0) is 16.0 Å². The zero-order chi connectivity index (χ0) is 23.5. The van der Waals surface area contributed by atoms with Crippen molar-refractivity contribution in [1.29, 1.82) is 0 Å². The van der Waals surface area contributed by atoms with Crippen LogP contribution < -0.4 is 14.2 Å². The molecule has 0 radical (unpaired) electrons. The third-order valence-corrected chi connectivity index (χ3v) is 5.38. The maximum absolute atomic E-state index is 12.4. The molecule has 0 aromatic heterocycles. The van der Waals surface area contributed by atoms with E-state index < -0.39 is 17.7 Å². The standard InChI is InChI=1S/C25H34O7/c1-6-29-24(27)20-12-16(9-8-15(2)3)22-19(31-20)14-18-17(23(22)30-11-7-10-26)13-21(32-18)25(4,5)28/h9,12,14-15,21,26,28H,6-8,10-11,13H2,1-5H3/t21-/m0/s1. The Morgan fingerprint density at radius 2 is 2.09 bits per heavy atom. The molecule has 0 unspecified atom stereocenters. The molecule has 0 amide bonds. The number of esters is 1. The van der Waals surface area contributed by atoms with Gasteiger partial charge in [0.15, 0.2) is 0 Å². The first-order valence-corrected chi connectivity index (χ1v) is 11.2. The molecule has 2 N–H and O–H groups in total. The van der Waals surface area contributed by atoms with E-state index in [1.807, 2.05) is 0 Å². The van der Waals surface area contributed by atoms with Crippen LogP contribution in [0, 0.1) is 5.92 Å². The summed E-state index contributed by atoms with van der Waals surface area (Å²) in [5.41, 5.74) is 1.36. The Labute approximate surface area is 189 Å². The Kier molecular flexibility index (Phi) is 7.51. The lowest BCUT2D eigenvalue weighted by molar-refractivity contribution is -0.141. The third-order valence-electron chi connectivity index (χ3n) is 5.38. The van der Waals surface area contributed by atoms with E-state index in [1.54, 1.807) is 32.9 Å². The number of carbonyl (C=O) groups excluding carboxylic acids is 1. The van der Waals surface area contributed by atoms with E-state index in [0.29, 0.717) is 42.6 Å². The molecule has 3 rings (SSSR count). The van der Waals surface area contributed by atoms with Crippen molar-refractivity contribution in [3.05, 3.63) is 35.1 Å². The fourth-order valence-electron chi connectivity index (χ4n) is 3.67. The Morgan fingerprint density at radius 3 is 2.72 bits per heavy atom. The van der Waals surface area contributed by atoms with E-state index in [-0.39, 0.29) is 19.0 Å². The number of rotatable bonds is 9. The molecular formula is C25H34O7. The van der Waals surface area contributed by atoms with Crippen LogP contribution in [0.15, 0.2) is 24.0 Å². The van der Waals surface area contributed by atoms with Gasteiger partial charge in [-0.05, 0) is 44.8 Å². The molecule has 0 fully saturated rings. The van der Waals surface area contributed by atoms with Crippen LogP contribution in [0.4, 0.5) is 0 Å². The summed E-state index contributed by atoms with van der Waals surface area (Å²) in [4.78, 5) is 12.4. The average Bonchev–Trinajstić information content (AvgIpc) is 3.16. The molecule has 7 heteroatoms. The molecule has 32 heavy (non-hydrogen) atoms. The van der Waals surface area contributed by atoms with Gasteiger partial charge in [0.1, 0.15) is 23.4 Å². The van der Waals surface area contributed by atoms with Crippen LogP contribution in [0.25, 0.3) is 5.57 Å². The van der Waals surface area contributed by atoms with Crippen molar-refractivity contribution < 1.29 is 34.0 Å². The van der Waals surface area contributed by atoms with E-state index in [9.17, 15) is 15.0 Å². The second-order valence-electron chi connectivity index (χ2n) is 9.07. The van der Waals surface area contributed by atoms with E-state index in [1.165, 1.54) is 0 Å². The topological polar surface area (TPSA) is 94.5 Å². The largest absolute Gasteiger partial charge is 0.492 e. The maximum Gasteiger partial charge on any atom is 0.374 e. The highest BCUT2D eigenvalue weighted by Crippen LogP contribution is 2.50. The number of hydrogen-bond donors (Lipinski definition) is 2. The van der Waals surface area contributed by atoms with Crippen LogP contribution in [0.5, 0.6) is 17.2 Å². The summed E-state index contributed by atoms with van der Waals surface area (Å²) in [7, 11) is 0. The van der Waals surface area contributed by atoms with Gasteiger partial charge < -0.3 is 29.2 Å². The van der Waals surface area contributed by atoms with Crippen molar-refractivity contribution in [1.82, 2.24) is 0 Å². The molecule has 2 aliphatic heterocycles. The Hall–Kier alpha value is -2.51. The highest BCUT2D eigenvalue weighted by atomic mass is 16.6. The number of aliphatic hydroxyl groups excluding tert-OH is 1. The van der Waals surface area contributed by atoms with Gasteiger partial charge in [0, 0.05) is 31.1 Å². The molecule has 0 saturated heterocycles. The molecule has 0 aliphatic carbocycles. The van der Waals surface area contributed by atoms with Gasteiger partial charge in [0.05, 0.1) is 24.4 Å². The minimum absolute atomic E-state index is 0.0134. The van der Waals surface area contributed by atoms with Gasteiger partial charge in [-0.25, -0.2) is 4.79 Å². The van der Waals surface area contributed by atoms with Crippen molar-refractivity contribution in [3.63, 3.8) is 0 Å². The molecule has 1 aromatic rings. The van der Waals surface area contributed by atoms with Gasteiger partial charge in [-0.3, -0.25) is 0 Å². The number of carbonyl (C=O) groups is 1. The maximum atomic E-state index is 12.4. The number of benzene rings is 1. The lowest BCUT2D eigenvalue weighted by Gasteiger charge is -2.24. The van der Waals surface area contributed by atoms with Crippen LogP contribution in [-0.4, -0.2) is 47.7 Å². The molecule has 0 bridgehead atoms. The van der Waals surface area contributed by atoms with Crippen LogP contribution in [0.3, 0.4) is 0 Å². The van der Waals surface area contributed by atoms with Gasteiger partial charge in [0.2, 0.25) is 5.76 Å². The van der Waals surface area contributed by atoms with Crippen LogP contribution in [0.2, 0.25) is 0 Å². The monoisotopic (exact) mass is 446 g/mol. The summed E-state index contributed by atoms with van der Waals surface area (Å²) in [6.07, 6.45) is 5.08. The van der Waals surface area contributed by atoms with E-state index in [0.717, 1.165) is 23.1 Å². The fourth-order valence-corrected chi connectivity index (χ4v) is 3.67. The summed E-state index contributed by atoms with van der Waals surface area (Å²) in [6.45, 7) is 9.98. The van der Waals surface area contributed by atoms with Gasteiger partial charge in [-0.15, -0.1) is 0 Å². The minimum atomic E-state index is -1.05. The SMILES string of the molecule is CCOC(=O)C1=CC(=CCC(C)C)c2c(cc3c(c2OCCCO)C[C@@H](C(C)(C)O)O3)O1. The second kappa shape index (κ2) is 9.96. The minimum Gasteiger partial charge on any atom is -0.492 e. The molecule has 0 spiro atoms. The zero-order valence-corrected chi connectivity index (χ0v) is 19.6. The molecule has 1 atom stereocenters. The molecule has 2 aliphatic rings. The molecule has 1 aromatic carbocycles. The van der Waals surface area contributed by atoms with Gasteiger partial charge in [0.25, 0.3) is 0 Å². The summed E-state index contributed by atoms with van der Waals surface area (Å²) >= 11 is 0. The van der Waals surface area contributed by atoms with Gasteiger partial charge >= 0.3 is 5.97 Å². The predicted molar refractivity (Wildman–Crippen MR) is 121 cm³/mol.